The number of nitrogens with zero attached hydrogens (tertiary/aromatic N) is 2. The highest BCUT2D eigenvalue weighted by atomic mass is 16.1. The third-order valence-electron chi connectivity index (χ3n) is 2.52. The summed E-state index contributed by atoms with van der Waals surface area (Å²) in [5, 5.41) is 1.01. The highest BCUT2D eigenvalue weighted by molar-refractivity contribution is 5.98. The van der Waals surface area contributed by atoms with Gasteiger partial charge in [0.2, 0.25) is 0 Å². The van der Waals surface area contributed by atoms with E-state index in [1.165, 1.54) is 6.92 Å². The summed E-state index contributed by atoms with van der Waals surface area (Å²) in [5.41, 5.74) is 3.12. The average molecular weight is 200 g/mol. The molecular formula is C12H12N2O. The Labute approximate surface area is 88.2 Å². The van der Waals surface area contributed by atoms with Crippen molar-refractivity contribution in [3.8, 4) is 0 Å². The van der Waals surface area contributed by atoms with Crippen molar-refractivity contribution in [3.63, 3.8) is 0 Å². The second-order valence-corrected chi connectivity index (χ2v) is 3.63. The molecule has 0 radical (unpaired) electrons. The average Bonchev–Trinajstić information content (AvgIpc) is 2.23. The van der Waals surface area contributed by atoms with E-state index in [9.17, 15) is 4.79 Å². The topological polar surface area (TPSA) is 42.9 Å². The van der Waals surface area contributed by atoms with Crippen LogP contribution in [0.1, 0.15) is 28.7 Å². The first-order chi connectivity index (χ1) is 7.11. The standard InChI is InChI=1S/C12H12N2O/c1-7-11(9(3)15)14-8(2)10-5-4-6-13-12(7)10/h4-6H,1-3H3. The molecule has 3 nitrogen and oxygen atoms in total. The van der Waals surface area contributed by atoms with Gasteiger partial charge in [0, 0.05) is 29.8 Å². The van der Waals surface area contributed by atoms with Gasteiger partial charge in [-0.2, -0.15) is 0 Å². The van der Waals surface area contributed by atoms with Crippen LogP contribution in [-0.2, 0) is 0 Å². The molecule has 0 aliphatic heterocycles. The second-order valence-electron chi connectivity index (χ2n) is 3.63. The summed E-state index contributed by atoms with van der Waals surface area (Å²) >= 11 is 0. The van der Waals surface area contributed by atoms with Gasteiger partial charge in [-0.25, -0.2) is 4.98 Å². The minimum atomic E-state index is -0.0110. The number of aromatic nitrogens is 2. The Kier molecular flexibility index (Phi) is 2.23. The van der Waals surface area contributed by atoms with E-state index in [0.717, 1.165) is 22.2 Å². The van der Waals surface area contributed by atoms with Gasteiger partial charge in [-0.05, 0) is 26.0 Å². The van der Waals surface area contributed by atoms with Gasteiger partial charge in [0.25, 0.3) is 0 Å². The van der Waals surface area contributed by atoms with Gasteiger partial charge >= 0.3 is 0 Å². The lowest BCUT2D eigenvalue weighted by atomic mass is 10.1. The molecule has 0 saturated heterocycles. The van der Waals surface area contributed by atoms with E-state index in [4.69, 9.17) is 0 Å². The van der Waals surface area contributed by atoms with E-state index >= 15 is 0 Å². The lowest BCUT2D eigenvalue weighted by molar-refractivity contribution is 0.101. The SMILES string of the molecule is CC(=O)c1nc(C)c2cccnc2c1C. The number of aryl methyl sites for hydroxylation is 2. The number of Topliss-reactive ketones (excluding diaryl/α,β-unsaturated/α-hetero) is 1. The van der Waals surface area contributed by atoms with Gasteiger partial charge in [0.15, 0.2) is 5.78 Å². The maximum absolute atomic E-state index is 11.4. The van der Waals surface area contributed by atoms with Crippen LogP contribution in [0.15, 0.2) is 18.3 Å². The Balaban J connectivity index is 2.90. The van der Waals surface area contributed by atoms with E-state index in [-0.39, 0.29) is 5.78 Å². The summed E-state index contributed by atoms with van der Waals surface area (Å²) < 4.78 is 0. The van der Waals surface area contributed by atoms with Crippen LogP contribution < -0.4 is 0 Å². The monoisotopic (exact) mass is 200 g/mol. The number of pyridine rings is 2. The fraction of sp³-hybridized carbons (Fsp3) is 0.250. The molecule has 0 spiro atoms. The number of carbonyl (C=O) groups is 1. The zero-order valence-corrected chi connectivity index (χ0v) is 9.03. The Bertz CT molecular complexity index is 547. The van der Waals surface area contributed by atoms with Crippen LogP contribution >= 0.6 is 0 Å². The molecule has 2 aromatic rings. The van der Waals surface area contributed by atoms with Crippen LogP contribution in [0.25, 0.3) is 10.9 Å². The summed E-state index contributed by atoms with van der Waals surface area (Å²) in [7, 11) is 0. The van der Waals surface area contributed by atoms with Crippen molar-refractivity contribution in [2.45, 2.75) is 20.8 Å². The molecule has 0 aromatic carbocycles. The molecule has 0 aliphatic rings. The van der Waals surface area contributed by atoms with E-state index in [1.807, 2.05) is 26.0 Å². The number of hydrogen-bond donors (Lipinski definition) is 0. The van der Waals surface area contributed by atoms with Crippen molar-refractivity contribution >= 4 is 16.7 Å². The number of fused-ring (bicyclic) bond motifs is 1. The van der Waals surface area contributed by atoms with Gasteiger partial charge in [0.05, 0.1) is 5.52 Å². The van der Waals surface area contributed by atoms with E-state index in [0.29, 0.717) is 5.69 Å². The summed E-state index contributed by atoms with van der Waals surface area (Å²) in [6.07, 6.45) is 1.73. The van der Waals surface area contributed by atoms with E-state index in [2.05, 4.69) is 9.97 Å². The molecule has 2 aromatic heterocycles. The molecule has 0 aliphatic carbocycles. The predicted octanol–water partition coefficient (Wildman–Crippen LogP) is 2.45. The smallest absolute Gasteiger partial charge is 0.178 e. The van der Waals surface area contributed by atoms with Crippen LogP contribution in [-0.4, -0.2) is 15.8 Å². The molecule has 2 heterocycles. The Hall–Kier alpha value is -1.77. The molecule has 0 bridgehead atoms. The first kappa shape index (κ1) is 9.77. The van der Waals surface area contributed by atoms with Crippen molar-refractivity contribution in [1.82, 2.24) is 9.97 Å². The molecule has 0 amide bonds. The fourth-order valence-corrected chi connectivity index (χ4v) is 1.76. The molecule has 15 heavy (non-hydrogen) atoms. The minimum Gasteiger partial charge on any atom is -0.293 e. The predicted molar refractivity (Wildman–Crippen MR) is 59.0 cm³/mol. The van der Waals surface area contributed by atoms with Crippen molar-refractivity contribution in [1.29, 1.82) is 0 Å². The van der Waals surface area contributed by atoms with Crippen LogP contribution in [0.4, 0.5) is 0 Å². The van der Waals surface area contributed by atoms with E-state index < -0.39 is 0 Å². The number of rotatable bonds is 1. The summed E-state index contributed by atoms with van der Waals surface area (Å²) in [6, 6.07) is 3.85. The number of hydrogen-bond acceptors (Lipinski definition) is 3. The van der Waals surface area contributed by atoms with Crippen molar-refractivity contribution in [2.24, 2.45) is 0 Å². The maximum atomic E-state index is 11.4. The van der Waals surface area contributed by atoms with E-state index in [1.54, 1.807) is 6.20 Å². The number of carbonyl (C=O) groups excluding carboxylic acids is 1. The van der Waals surface area contributed by atoms with Gasteiger partial charge in [0.1, 0.15) is 5.69 Å². The highest BCUT2D eigenvalue weighted by Crippen LogP contribution is 2.20. The van der Waals surface area contributed by atoms with Gasteiger partial charge in [-0.3, -0.25) is 9.78 Å². The normalized spacial score (nSPS) is 10.6. The van der Waals surface area contributed by atoms with Crippen molar-refractivity contribution < 1.29 is 4.79 Å². The van der Waals surface area contributed by atoms with Crippen LogP contribution in [0, 0.1) is 13.8 Å². The quantitative estimate of drug-likeness (QED) is 0.664. The van der Waals surface area contributed by atoms with Gasteiger partial charge in [-0.1, -0.05) is 0 Å². The summed E-state index contributed by atoms with van der Waals surface area (Å²) in [6.45, 7) is 5.32. The molecular weight excluding hydrogens is 188 g/mol. The highest BCUT2D eigenvalue weighted by Gasteiger charge is 2.11. The van der Waals surface area contributed by atoms with Crippen LogP contribution in [0.2, 0.25) is 0 Å². The first-order valence-electron chi connectivity index (χ1n) is 4.84. The Morgan fingerprint density at radius 2 is 2.07 bits per heavy atom. The second kappa shape index (κ2) is 3.42. The summed E-state index contributed by atoms with van der Waals surface area (Å²) in [4.78, 5) is 20.0. The third-order valence-corrected chi connectivity index (χ3v) is 2.52. The Morgan fingerprint density at radius 3 is 2.73 bits per heavy atom. The molecule has 0 saturated carbocycles. The van der Waals surface area contributed by atoms with Gasteiger partial charge < -0.3 is 0 Å². The van der Waals surface area contributed by atoms with Gasteiger partial charge in [-0.15, -0.1) is 0 Å². The molecule has 0 atom stereocenters. The number of ketones is 1. The first-order valence-corrected chi connectivity index (χ1v) is 4.84. The van der Waals surface area contributed by atoms with Crippen molar-refractivity contribution in [3.05, 3.63) is 35.3 Å². The fourth-order valence-electron chi connectivity index (χ4n) is 1.76. The zero-order valence-electron chi connectivity index (χ0n) is 9.03. The maximum Gasteiger partial charge on any atom is 0.178 e. The summed E-state index contributed by atoms with van der Waals surface area (Å²) in [5.74, 6) is -0.0110. The molecule has 2 rings (SSSR count). The van der Waals surface area contributed by atoms with Crippen LogP contribution in [0.5, 0.6) is 0 Å². The molecule has 0 unspecified atom stereocenters. The molecule has 76 valence electrons. The third kappa shape index (κ3) is 1.50. The minimum absolute atomic E-state index is 0.0110. The Morgan fingerprint density at radius 1 is 1.33 bits per heavy atom. The van der Waals surface area contributed by atoms with Crippen LogP contribution in [0.3, 0.4) is 0 Å². The molecule has 0 fully saturated rings. The zero-order chi connectivity index (χ0) is 11.0. The molecule has 3 heteroatoms. The van der Waals surface area contributed by atoms with Crippen molar-refractivity contribution in [2.75, 3.05) is 0 Å². The largest absolute Gasteiger partial charge is 0.293 e. The lowest BCUT2D eigenvalue weighted by Crippen LogP contribution is -2.04. The lowest BCUT2D eigenvalue weighted by Gasteiger charge is -2.07. The molecule has 0 N–H and O–H groups in total.